The van der Waals surface area contributed by atoms with E-state index in [-0.39, 0.29) is 18.3 Å². The Morgan fingerprint density at radius 1 is 1.00 bits per heavy atom. The standard InChI is InChI=1S/C9H18BrCl2O3PS/c1-7(4-10)13-16(17,14-8(2)5-11)15-9(3)6-12/h7-9H,4-6H2,1-3H3. The van der Waals surface area contributed by atoms with Crippen molar-refractivity contribution < 1.29 is 13.6 Å². The molecule has 0 aliphatic rings. The highest BCUT2D eigenvalue weighted by atomic mass is 79.9. The second-order valence-corrected chi connectivity index (χ2v) is 7.79. The zero-order valence-electron chi connectivity index (χ0n) is 10.1. The van der Waals surface area contributed by atoms with Crippen molar-refractivity contribution >= 4 is 57.7 Å². The summed E-state index contributed by atoms with van der Waals surface area (Å²) < 4.78 is 16.9. The summed E-state index contributed by atoms with van der Waals surface area (Å²) >= 11 is 20.1. The molecule has 0 aliphatic heterocycles. The van der Waals surface area contributed by atoms with E-state index < -0.39 is 6.72 Å². The zero-order valence-corrected chi connectivity index (χ0v) is 14.9. The molecule has 104 valence electrons. The molecule has 3 nitrogen and oxygen atoms in total. The maximum absolute atomic E-state index is 5.70. The fraction of sp³-hybridized carbons (Fsp3) is 1.00. The molecular weight excluding hydrogens is 370 g/mol. The second-order valence-electron chi connectivity index (χ2n) is 3.66. The fourth-order valence-electron chi connectivity index (χ4n) is 0.820. The van der Waals surface area contributed by atoms with Crippen molar-refractivity contribution in [2.24, 2.45) is 0 Å². The summed E-state index contributed by atoms with van der Waals surface area (Å²) in [6.45, 7) is 2.73. The summed E-state index contributed by atoms with van der Waals surface area (Å²) in [5, 5.41) is 0.655. The van der Waals surface area contributed by atoms with Crippen LogP contribution in [0, 0.1) is 0 Å². The number of hydrogen-bond acceptors (Lipinski definition) is 4. The summed E-state index contributed by atoms with van der Waals surface area (Å²) in [7, 11) is 0. The van der Waals surface area contributed by atoms with E-state index in [0.717, 1.165) is 0 Å². The van der Waals surface area contributed by atoms with Crippen molar-refractivity contribution in [3.63, 3.8) is 0 Å². The van der Waals surface area contributed by atoms with Crippen LogP contribution in [0.5, 0.6) is 0 Å². The van der Waals surface area contributed by atoms with E-state index in [1.807, 2.05) is 20.8 Å². The minimum Gasteiger partial charge on any atom is -0.305 e. The largest absolute Gasteiger partial charge is 0.328 e. The lowest BCUT2D eigenvalue weighted by Crippen LogP contribution is -2.19. The molecule has 0 saturated heterocycles. The highest BCUT2D eigenvalue weighted by Crippen LogP contribution is 2.53. The van der Waals surface area contributed by atoms with Crippen molar-refractivity contribution in [1.82, 2.24) is 0 Å². The van der Waals surface area contributed by atoms with E-state index in [2.05, 4.69) is 15.9 Å². The van der Waals surface area contributed by atoms with Gasteiger partial charge in [-0.25, -0.2) is 0 Å². The lowest BCUT2D eigenvalue weighted by Gasteiger charge is -2.28. The fourth-order valence-corrected chi connectivity index (χ4v) is 4.48. The number of hydrogen-bond donors (Lipinski definition) is 0. The van der Waals surface area contributed by atoms with Crippen LogP contribution in [0.4, 0.5) is 0 Å². The van der Waals surface area contributed by atoms with Crippen molar-refractivity contribution in [1.29, 1.82) is 0 Å². The van der Waals surface area contributed by atoms with Gasteiger partial charge in [-0.1, -0.05) is 15.9 Å². The Kier molecular flexibility index (Phi) is 10.4. The molecule has 0 fully saturated rings. The molecule has 0 aromatic heterocycles. The van der Waals surface area contributed by atoms with Gasteiger partial charge < -0.3 is 13.6 Å². The van der Waals surface area contributed by atoms with Gasteiger partial charge in [-0.3, -0.25) is 0 Å². The quantitative estimate of drug-likeness (QED) is 0.435. The monoisotopic (exact) mass is 386 g/mol. The third kappa shape index (κ3) is 8.38. The summed E-state index contributed by atoms with van der Waals surface area (Å²) in [6, 6.07) is 0. The first-order chi connectivity index (χ1) is 7.86. The van der Waals surface area contributed by atoms with Gasteiger partial charge in [-0.05, 0) is 32.6 Å². The molecule has 0 heterocycles. The third-order valence-corrected chi connectivity index (χ3v) is 5.99. The number of alkyl halides is 3. The molecule has 0 N–H and O–H groups in total. The molecule has 0 spiro atoms. The van der Waals surface area contributed by atoms with Gasteiger partial charge >= 0.3 is 6.72 Å². The van der Waals surface area contributed by atoms with E-state index in [4.69, 9.17) is 48.6 Å². The van der Waals surface area contributed by atoms with Crippen LogP contribution < -0.4 is 0 Å². The van der Waals surface area contributed by atoms with Crippen LogP contribution in [-0.2, 0) is 25.4 Å². The molecular formula is C9H18BrCl2O3PS. The molecule has 0 aromatic rings. The Labute approximate surface area is 127 Å². The first kappa shape index (κ1) is 18.6. The molecule has 0 radical (unpaired) electrons. The van der Waals surface area contributed by atoms with Crippen LogP contribution in [-0.4, -0.2) is 35.4 Å². The van der Waals surface area contributed by atoms with Crippen molar-refractivity contribution in [2.75, 3.05) is 17.1 Å². The van der Waals surface area contributed by atoms with E-state index in [0.29, 0.717) is 17.1 Å². The predicted molar refractivity (Wildman–Crippen MR) is 81.2 cm³/mol. The van der Waals surface area contributed by atoms with Crippen LogP contribution in [0.1, 0.15) is 20.8 Å². The van der Waals surface area contributed by atoms with Gasteiger partial charge in [0.25, 0.3) is 0 Å². The smallest absolute Gasteiger partial charge is 0.305 e. The summed E-state index contributed by atoms with van der Waals surface area (Å²) in [5.41, 5.74) is 0. The normalized spacial score (nSPS) is 20.6. The topological polar surface area (TPSA) is 27.7 Å². The lowest BCUT2D eigenvalue weighted by molar-refractivity contribution is 0.0947. The van der Waals surface area contributed by atoms with Crippen LogP contribution in [0.15, 0.2) is 0 Å². The first-order valence-electron chi connectivity index (χ1n) is 5.20. The second kappa shape index (κ2) is 9.49. The Hall–Kier alpha value is 1.59. The highest BCUT2D eigenvalue weighted by Gasteiger charge is 2.28. The minimum absolute atomic E-state index is 0.0918. The Morgan fingerprint density at radius 3 is 1.65 bits per heavy atom. The summed E-state index contributed by atoms with van der Waals surface area (Å²) in [6.07, 6.45) is -0.522. The number of rotatable bonds is 9. The highest BCUT2D eigenvalue weighted by molar-refractivity contribution is 9.09. The molecule has 3 atom stereocenters. The Bertz CT molecular complexity index is 222. The molecule has 0 rings (SSSR count). The van der Waals surface area contributed by atoms with Gasteiger partial charge in [0.05, 0.1) is 18.3 Å². The van der Waals surface area contributed by atoms with E-state index in [9.17, 15) is 0 Å². The molecule has 0 saturated carbocycles. The van der Waals surface area contributed by atoms with Gasteiger partial charge in [0.1, 0.15) is 0 Å². The SMILES string of the molecule is CC(CCl)OP(=S)(OC(C)CCl)OC(C)CBr. The zero-order chi connectivity index (χ0) is 13.5. The average Bonchev–Trinajstić information content (AvgIpc) is 2.27. The van der Waals surface area contributed by atoms with Crippen molar-refractivity contribution in [2.45, 2.75) is 39.1 Å². The van der Waals surface area contributed by atoms with Crippen LogP contribution in [0.2, 0.25) is 0 Å². The van der Waals surface area contributed by atoms with Gasteiger partial charge in [0.2, 0.25) is 0 Å². The summed E-state index contributed by atoms with van der Waals surface area (Å²) in [4.78, 5) is 0. The van der Waals surface area contributed by atoms with Crippen LogP contribution in [0.25, 0.3) is 0 Å². The van der Waals surface area contributed by atoms with Gasteiger partial charge in [0, 0.05) is 17.1 Å². The number of halogens is 3. The maximum Gasteiger partial charge on any atom is 0.328 e. The minimum atomic E-state index is -2.80. The van der Waals surface area contributed by atoms with Crippen molar-refractivity contribution in [3.05, 3.63) is 0 Å². The molecule has 3 unspecified atom stereocenters. The van der Waals surface area contributed by atoms with E-state index >= 15 is 0 Å². The molecule has 0 aliphatic carbocycles. The predicted octanol–water partition coefficient (Wildman–Crippen LogP) is 4.30. The molecule has 17 heavy (non-hydrogen) atoms. The van der Waals surface area contributed by atoms with E-state index in [1.54, 1.807) is 0 Å². The maximum atomic E-state index is 5.70. The van der Waals surface area contributed by atoms with Crippen molar-refractivity contribution in [3.8, 4) is 0 Å². The van der Waals surface area contributed by atoms with Crippen LogP contribution in [0.3, 0.4) is 0 Å². The third-order valence-electron chi connectivity index (χ3n) is 1.58. The van der Waals surface area contributed by atoms with Gasteiger partial charge in [-0.15, -0.1) is 23.2 Å². The first-order valence-corrected chi connectivity index (χ1v) is 9.94. The lowest BCUT2D eigenvalue weighted by atomic mass is 10.5. The molecule has 0 bridgehead atoms. The molecule has 0 aromatic carbocycles. The van der Waals surface area contributed by atoms with Gasteiger partial charge in [-0.2, -0.15) is 0 Å². The van der Waals surface area contributed by atoms with E-state index in [1.165, 1.54) is 0 Å². The summed E-state index contributed by atoms with van der Waals surface area (Å²) in [5.74, 6) is 0.673. The Balaban J connectivity index is 4.62. The van der Waals surface area contributed by atoms with Gasteiger partial charge in [0.15, 0.2) is 0 Å². The molecule has 0 amide bonds. The van der Waals surface area contributed by atoms with Crippen LogP contribution >= 0.6 is 45.9 Å². The average molecular weight is 388 g/mol. The Morgan fingerprint density at radius 2 is 1.35 bits per heavy atom. The molecule has 8 heteroatoms.